The largest absolute Gasteiger partial charge is 0.366 e. The number of aryl methyl sites for hydroxylation is 1. The maximum absolute atomic E-state index is 5.77. The smallest absolute Gasteiger partial charge is 0.0925 e. The van der Waals surface area contributed by atoms with Crippen LogP contribution in [0.25, 0.3) is 10.8 Å². The summed E-state index contributed by atoms with van der Waals surface area (Å²) in [5, 5.41) is 2.56. The third-order valence-electron chi connectivity index (χ3n) is 3.63. The van der Waals surface area contributed by atoms with Crippen LogP contribution in [0, 0.1) is 0 Å². The van der Waals surface area contributed by atoms with Gasteiger partial charge in [-0.3, -0.25) is 0 Å². The Kier molecular flexibility index (Phi) is 5.52. The standard InChI is InChI=1S/C20H20OS/c1-2-6-17(7-3-1)12-13-22-16-21-15-18-10-11-19-8-4-5-9-20(19)14-18/h1-11,14H,12-13,15-16H2. The Balaban J connectivity index is 1.39. The van der Waals surface area contributed by atoms with Crippen molar-refractivity contribution in [1.29, 1.82) is 0 Å². The normalized spacial score (nSPS) is 10.9. The van der Waals surface area contributed by atoms with Crippen LogP contribution in [0.2, 0.25) is 0 Å². The average molecular weight is 308 g/mol. The summed E-state index contributed by atoms with van der Waals surface area (Å²) in [4.78, 5) is 0. The van der Waals surface area contributed by atoms with Gasteiger partial charge in [0.05, 0.1) is 12.5 Å². The van der Waals surface area contributed by atoms with Crippen molar-refractivity contribution in [2.24, 2.45) is 0 Å². The molecule has 3 rings (SSSR count). The van der Waals surface area contributed by atoms with Crippen molar-refractivity contribution in [2.45, 2.75) is 13.0 Å². The maximum atomic E-state index is 5.77. The van der Waals surface area contributed by atoms with Gasteiger partial charge >= 0.3 is 0 Å². The minimum absolute atomic E-state index is 0.684. The van der Waals surface area contributed by atoms with E-state index < -0.39 is 0 Å². The van der Waals surface area contributed by atoms with E-state index in [9.17, 15) is 0 Å². The van der Waals surface area contributed by atoms with Crippen LogP contribution in [-0.4, -0.2) is 11.7 Å². The molecule has 0 spiro atoms. The van der Waals surface area contributed by atoms with Crippen LogP contribution in [0.15, 0.2) is 72.8 Å². The van der Waals surface area contributed by atoms with Crippen molar-refractivity contribution in [2.75, 3.05) is 11.7 Å². The molecule has 22 heavy (non-hydrogen) atoms. The van der Waals surface area contributed by atoms with E-state index in [-0.39, 0.29) is 0 Å². The maximum Gasteiger partial charge on any atom is 0.0925 e. The first kappa shape index (κ1) is 15.1. The highest BCUT2D eigenvalue weighted by atomic mass is 32.2. The lowest BCUT2D eigenvalue weighted by Crippen LogP contribution is -1.95. The number of hydrogen-bond donors (Lipinski definition) is 0. The molecule has 0 saturated heterocycles. The molecule has 2 heteroatoms. The fraction of sp³-hybridized carbons (Fsp3) is 0.200. The second-order valence-electron chi connectivity index (χ2n) is 5.29. The Hall–Kier alpha value is -1.77. The fourth-order valence-electron chi connectivity index (χ4n) is 2.44. The quantitative estimate of drug-likeness (QED) is 0.433. The molecule has 0 bridgehead atoms. The molecule has 0 aliphatic carbocycles. The highest BCUT2D eigenvalue weighted by molar-refractivity contribution is 7.99. The summed E-state index contributed by atoms with van der Waals surface area (Å²) in [6.07, 6.45) is 1.10. The predicted octanol–water partition coefficient (Wildman–Crippen LogP) is 5.29. The SMILES string of the molecule is c1ccc(CCSCOCc2ccc3ccccc3c2)cc1. The molecule has 3 aromatic rings. The molecule has 0 atom stereocenters. The van der Waals surface area contributed by atoms with Gasteiger partial charge in [0.2, 0.25) is 0 Å². The summed E-state index contributed by atoms with van der Waals surface area (Å²) in [6, 6.07) is 25.6. The van der Waals surface area contributed by atoms with Gasteiger partial charge < -0.3 is 4.74 Å². The zero-order valence-electron chi connectivity index (χ0n) is 12.6. The average Bonchev–Trinajstić information content (AvgIpc) is 2.59. The molecule has 1 nitrogen and oxygen atoms in total. The summed E-state index contributed by atoms with van der Waals surface area (Å²) in [5.41, 5.74) is 2.63. The van der Waals surface area contributed by atoms with Gasteiger partial charge in [0.1, 0.15) is 0 Å². The molecule has 0 aliphatic heterocycles. The molecule has 0 aliphatic rings. The van der Waals surface area contributed by atoms with Crippen molar-refractivity contribution >= 4 is 22.5 Å². The minimum Gasteiger partial charge on any atom is -0.366 e. The van der Waals surface area contributed by atoms with Crippen molar-refractivity contribution in [1.82, 2.24) is 0 Å². The van der Waals surface area contributed by atoms with Crippen LogP contribution < -0.4 is 0 Å². The number of benzene rings is 3. The van der Waals surface area contributed by atoms with Crippen molar-refractivity contribution in [3.63, 3.8) is 0 Å². The van der Waals surface area contributed by atoms with Crippen LogP contribution in [-0.2, 0) is 17.8 Å². The lowest BCUT2D eigenvalue weighted by Gasteiger charge is -2.06. The Morgan fingerprint density at radius 3 is 2.36 bits per heavy atom. The number of fused-ring (bicyclic) bond motifs is 1. The molecule has 0 heterocycles. The van der Waals surface area contributed by atoms with Gasteiger partial charge in [0, 0.05) is 0 Å². The van der Waals surface area contributed by atoms with E-state index in [2.05, 4.69) is 72.8 Å². The van der Waals surface area contributed by atoms with E-state index >= 15 is 0 Å². The van der Waals surface area contributed by atoms with Crippen LogP contribution >= 0.6 is 11.8 Å². The first-order valence-corrected chi connectivity index (χ1v) is 8.74. The van der Waals surface area contributed by atoms with Gasteiger partial charge in [-0.2, -0.15) is 0 Å². The Morgan fingerprint density at radius 2 is 1.50 bits per heavy atom. The van der Waals surface area contributed by atoms with Crippen molar-refractivity contribution in [3.8, 4) is 0 Å². The molecular weight excluding hydrogens is 288 g/mol. The van der Waals surface area contributed by atoms with E-state index in [0.717, 1.165) is 18.1 Å². The van der Waals surface area contributed by atoms with E-state index in [1.165, 1.54) is 21.9 Å². The van der Waals surface area contributed by atoms with Gasteiger partial charge in [0.25, 0.3) is 0 Å². The lowest BCUT2D eigenvalue weighted by molar-refractivity contribution is 0.169. The van der Waals surface area contributed by atoms with E-state index in [1.54, 1.807) is 0 Å². The van der Waals surface area contributed by atoms with Gasteiger partial charge in [-0.1, -0.05) is 66.7 Å². The molecule has 0 unspecified atom stereocenters. The summed E-state index contributed by atoms with van der Waals surface area (Å²) in [7, 11) is 0. The van der Waals surface area contributed by atoms with Crippen molar-refractivity contribution in [3.05, 3.63) is 83.9 Å². The van der Waals surface area contributed by atoms with Crippen molar-refractivity contribution < 1.29 is 4.74 Å². The molecular formula is C20H20OS. The minimum atomic E-state index is 0.684. The highest BCUT2D eigenvalue weighted by Crippen LogP contribution is 2.16. The second-order valence-corrected chi connectivity index (χ2v) is 6.34. The topological polar surface area (TPSA) is 9.23 Å². The van der Waals surface area contributed by atoms with Gasteiger partial charge in [0.15, 0.2) is 0 Å². The monoisotopic (exact) mass is 308 g/mol. The zero-order chi connectivity index (χ0) is 15.0. The molecule has 3 aromatic carbocycles. The molecule has 0 aromatic heterocycles. The first-order valence-electron chi connectivity index (χ1n) is 7.59. The Morgan fingerprint density at radius 1 is 0.727 bits per heavy atom. The molecule has 0 amide bonds. The predicted molar refractivity (Wildman–Crippen MR) is 96.2 cm³/mol. The second kappa shape index (κ2) is 8.02. The number of hydrogen-bond acceptors (Lipinski definition) is 2. The third-order valence-corrected chi connectivity index (χ3v) is 4.45. The van der Waals surface area contributed by atoms with Gasteiger partial charge in [-0.05, 0) is 40.1 Å². The lowest BCUT2D eigenvalue weighted by atomic mass is 10.1. The summed E-state index contributed by atoms with van der Waals surface area (Å²) < 4.78 is 5.77. The van der Waals surface area contributed by atoms with Crippen LogP contribution in [0.3, 0.4) is 0 Å². The number of thioether (sulfide) groups is 1. The molecule has 0 radical (unpaired) electrons. The first-order chi connectivity index (χ1) is 10.9. The van der Waals surface area contributed by atoms with Crippen LogP contribution in [0.4, 0.5) is 0 Å². The van der Waals surface area contributed by atoms with E-state index in [1.807, 2.05) is 11.8 Å². The molecule has 112 valence electrons. The Labute approximate surface area is 136 Å². The van der Waals surface area contributed by atoms with E-state index in [4.69, 9.17) is 4.74 Å². The highest BCUT2D eigenvalue weighted by Gasteiger charge is 1.97. The van der Waals surface area contributed by atoms with Crippen LogP contribution in [0.1, 0.15) is 11.1 Å². The molecule has 0 saturated carbocycles. The summed E-state index contributed by atoms with van der Waals surface area (Å²) in [6.45, 7) is 0.684. The fourth-order valence-corrected chi connectivity index (χ4v) is 3.14. The number of rotatable bonds is 7. The Bertz CT molecular complexity index is 709. The third kappa shape index (κ3) is 4.36. The zero-order valence-corrected chi connectivity index (χ0v) is 13.4. The van der Waals surface area contributed by atoms with Crippen LogP contribution in [0.5, 0.6) is 0 Å². The summed E-state index contributed by atoms with van der Waals surface area (Å²) >= 11 is 1.85. The van der Waals surface area contributed by atoms with Gasteiger partial charge in [-0.15, -0.1) is 11.8 Å². The summed E-state index contributed by atoms with van der Waals surface area (Å²) in [5.74, 6) is 1.85. The molecule has 0 N–H and O–H groups in total. The van der Waals surface area contributed by atoms with Gasteiger partial charge in [-0.25, -0.2) is 0 Å². The van der Waals surface area contributed by atoms with E-state index in [0.29, 0.717) is 6.61 Å². The molecule has 0 fully saturated rings. The number of ether oxygens (including phenoxy) is 1.